The molecule has 0 saturated heterocycles. The molecule has 0 spiro atoms. The minimum absolute atomic E-state index is 0. The Labute approximate surface area is 140 Å². The van der Waals surface area contributed by atoms with Crippen molar-refractivity contribution >= 4 is 29.7 Å². The van der Waals surface area contributed by atoms with Crippen LogP contribution in [0.2, 0.25) is 0 Å². The zero-order valence-electron chi connectivity index (χ0n) is 12.8. The molecule has 2 rings (SSSR count). The third-order valence-electron chi connectivity index (χ3n) is 3.17. The van der Waals surface area contributed by atoms with Crippen LogP contribution in [0.3, 0.4) is 0 Å². The molecule has 22 heavy (non-hydrogen) atoms. The summed E-state index contributed by atoms with van der Waals surface area (Å²) in [7, 11) is 1.62. The van der Waals surface area contributed by atoms with E-state index in [2.05, 4.69) is 10.3 Å². The van der Waals surface area contributed by atoms with E-state index in [4.69, 9.17) is 10.5 Å². The van der Waals surface area contributed by atoms with E-state index in [0.717, 1.165) is 16.3 Å². The molecule has 7 heteroatoms. The Morgan fingerprint density at radius 3 is 2.68 bits per heavy atom. The van der Waals surface area contributed by atoms with E-state index in [1.54, 1.807) is 12.5 Å². The highest BCUT2D eigenvalue weighted by atomic mass is 35.5. The van der Waals surface area contributed by atoms with Gasteiger partial charge in [0.2, 0.25) is 0 Å². The normalized spacial score (nSPS) is 10.7. The smallest absolute Gasteiger partial charge is 0.271 e. The van der Waals surface area contributed by atoms with Gasteiger partial charge < -0.3 is 15.8 Å². The maximum atomic E-state index is 12.3. The van der Waals surface area contributed by atoms with E-state index in [1.807, 2.05) is 38.1 Å². The van der Waals surface area contributed by atoms with Gasteiger partial charge >= 0.3 is 0 Å². The molecule has 1 heterocycles. The fourth-order valence-electron chi connectivity index (χ4n) is 2.09. The standard InChI is InChI=1S/C15H19N3O2S.ClH/c1-15(2,10-6-4-5-7-12(10)20-3)18-14(19)11-9-21-13(8-16)17-11;/h4-7,9H,8,16H2,1-3H3,(H,18,19);1H. The molecule has 1 aromatic heterocycles. The SMILES string of the molecule is COc1ccccc1C(C)(C)NC(=O)c1csc(CN)n1.Cl. The van der Waals surface area contributed by atoms with Crippen LogP contribution in [0.1, 0.15) is 34.9 Å². The van der Waals surface area contributed by atoms with Gasteiger partial charge in [0.05, 0.1) is 12.6 Å². The van der Waals surface area contributed by atoms with Crippen molar-refractivity contribution in [2.45, 2.75) is 25.9 Å². The zero-order valence-corrected chi connectivity index (χ0v) is 14.4. The molecule has 0 atom stereocenters. The van der Waals surface area contributed by atoms with Gasteiger partial charge in [-0.3, -0.25) is 4.79 Å². The highest BCUT2D eigenvalue weighted by molar-refractivity contribution is 7.09. The van der Waals surface area contributed by atoms with Crippen molar-refractivity contribution < 1.29 is 9.53 Å². The third-order valence-corrected chi connectivity index (χ3v) is 4.04. The van der Waals surface area contributed by atoms with Crippen LogP contribution >= 0.6 is 23.7 Å². The molecule has 0 aliphatic rings. The molecule has 2 aromatic rings. The number of para-hydroxylation sites is 1. The summed E-state index contributed by atoms with van der Waals surface area (Å²) < 4.78 is 5.36. The minimum atomic E-state index is -0.573. The van der Waals surface area contributed by atoms with Crippen LogP contribution in [0, 0.1) is 0 Å². The first-order valence-corrected chi connectivity index (χ1v) is 7.46. The second-order valence-corrected chi connectivity index (χ2v) is 6.05. The lowest BCUT2D eigenvalue weighted by Gasteiger charge is -2.28. The summed E-state index contributed by atoms with van der Waals surface area (Å²) in [6.07, 6.45) is 0. The second-order valence-electron chi connectivity index (χ2n) is 5.11. The average Bonchev–Trinajstić information content (AvgIpc) is 2.96. The van der Waals surface area contributed by atoms with E-state index in [0.29, 0.717) is 12.2 Å². The zero-order chi connectivity index (χ0) is 15.5. The van der Waals surface area contributed by atoms with E-state index in [1.165, 1.54) is 11.3 Å². The van der Waals surface area contributed by atoms with Crippen LogP contribution in [0.5, 0.6) is 5.75 Å². The molecule has 0 unspecified atom stereocenters. The summed E-state index contributed by atoms with van der Waals surface area (Å²) in [5, 5.41) is 5.45. The molecule has 0 aliphatic carbocycles. The number of ether oxygens (including phenoxy) is 1. The van der Waals surface area contributed by atoms with Gasteiger partial charge in [0, 0.05) is 17.5 Å². The van der Waals surface area contributed by atoms with Crippen molar-refractivity contribution in [1.82, 2.24) is 10.3 Å². The molecule has 0 bridgehead atoms. The summed E-state index contributed by atoms with van der Waals surface area (Å²) in [5.41, 5.74) is 6.25. The number of nitrogens with zero attached hydrogens (tertiary/aromatic N) is 1. The lowest BCUT2D eigenvalue weighted by molar-refractivity contribution is 0.0906. The number of nitrogens with one attached hydrogen (secondary N) is 1. The Balaban J connectivity index is 0.00000242. The Kier molecular flexibility index (Phi) is 6.34. The van der Waals surface area contributed by atoms with Crippen LogP contribution < -0.4 is 15.8 Å². The van der Waals surface area contributed by atoms with Gasteiger partial charge in [0.25, 0.3) is 5.91 Å². The quantitative estimate of drug-likeness (QED) is 0.876. The van der Waals surface area contributed by atoms with E-state index < -0.39 is 5.54 Å². The molecule has 3 N–H and O–H groups in total. The molecule has 0 aliphatic heterocycles. The second kappa shape index (κ2) is 7.58. The number of halogens is 1. The first-order chi connectivity index (χ1) is 9.97. The van der Waals surface area contributed by atoms with Crippen LogP contribution in [-0.4, -0.2) is 18.0 Å². The monoisotopic (exact) mass is 341 g/mol. The Hall–Kier alpha value is -1.63. The number of methoxy groups -OCH3 is 1. The molecule has 1 amide bonds. The number of amides is 1. The summed E-state index contributed by atoms with van der Waals surface area (Å²) in [4.78, 5) is 16.5. The van der Waals surface area contributed by atoms with Gasteiger partial charge in [-0.25, -0.2) is 4.98 Å². The maximum Gasteiger partial charge on any atom is 0.271 e. The van der Waals surface area contributed by atoms with Crippen molar-refractivity contribution in [2.24, 2.45) is 5.73 Å². The molecular weight excluding hydrogens is 322 g/mol. The summed E-state index contributed by atoms with van der Waals surface area (Å²) in [6, 6.07) is 7.62. The highest BCUT2D eigenvalue weighted by Crippen LogP contribution is 2.29. The maximum absolute atomic E-state index is 12.3. The number of hydrogen-bond acceptors (Lipinski definition) is 5. The Morgan fingerprint density at radius 1 is 1.41 bits per heavy atom. The van der Waals surface area contributed by atoms with E-state index in [9.17, 15) is 4.79 Å². The van der Waals surface area contributed by atoms with E-state index in [-0.39, 0.29) is 18.3 Å². The van der Waals surface area contributed by atoms with Crippen molar-refractivity contribution in [2.75, 3.05) is 7.11 Å². The van der Waals surface area contributed by atoms with Gasteiger partial charge in [-0.2, -0.15) is 0 Å². The molecular formula is C15H20ClN3O2S. The average molecular weight is 342 g/mol. The van der Waals surface area contributed by atoms with Gasteiger partial charge in [0.15, 0.2) is 0 Å². The molecule has 5 nitrogen and oxygen atoms in total. The van der Waals surface area contributed by atoms with Crippen LogP contribution in [-0.2, 0) is 12.1 Å². The van der Waals surface area contributed by atoms with Gasteiger partial charge in [-0.1, -0.05) is 18.2 Å². The number of carbonyl (C=O) groups is 1. The lowest BCUT2D eigenvalue weighted by atomic mass is 9.93. The van der Waals surface area contributed by atoms with Crippen molar-refractivity contribution in [3.8, 4) is 5.75 Å². The predicted molar refractivity (Wildman–Crippen MR) is 90.7 cm³/mol. The highest BCUT2D eigenvalue weighted by Gasteiger charge is 2.27. The third kappa shape index (κ3) is 3.97. The summed E-state index contributed by atoms with van der Waals surface area (Å²) in [5.74, 6) is 0.519. The van der Waals surface area contributed by atoms with E-state index >= 15 is 0 Å². The number of nitrogens with two attached hydrogens (primary N) is 1. The number of hydrogen-bond donors (Lipinski definition) is 2. The van der Waals surface area contributed by atoms with Crippen molar-refractivity contribution in [3.63, 3.8) is 0 Å². The number of benzene rings is 1. The summed E-state index contributed by atoms with van der Waals surface area (Å²) in [6.45, 7) is 4.20. The number of thiazole rings is 1. The largest absolute Gasteiger partial charge is 0.496 e. The Morgan fingerprint density at radius 2 is 2.09 bits per heavy atom. The molecule has 0 saturated carbocycles. The molecule has 0 fully saturated rings. The number of rotatable bonds is 5. The first kappa shape index (κ1) is 18.4. The molecule has 0 radical (unpaired) electrons. The first-order valence-electron chi connectivity index (χ1n) is 6.58. The topological polar surface area (TPSA) is 77.2 Å². The summed E-state index contributed by atoms with van der Waals surface area (Å²) >= 11 is 1.39. The van der Waals surface area contributed by atoms with Crippen molar-refractivity contribution in [1.29, 1.82) is 0 Å². The number of carbonyl (C=O) groups excluding carboxylic acids is 1. The van der Waals surface area contributed by atoms with Crippen molar-refractivity contribution in [3.05, 3.63) is 45.9 Å². The van der Waals surface area contributed by atoms with Crippen LogP contribution in [0.25, 0.3) is 0 Å². The predicted octanol–water partition coefficient (Wildman–Crippen LogP) is 2.70. The lowest BCUT2D eigenvalue weighted by Crippen LogP contribution is -2.41. The van der Waals surface area contributed by atoms with Gasteiger partial charge in [-0.05, 0) is 19.9 Å². The minimum Gasteiger partial charge on any atom is -0.496 e. The molecule has 1 aromatic carbocycles. The fourth-order valence-corrected chi connectivity index (χ4v) is 2.74. The van der Waals surface area contributed by atoms with Gasteiger partial charge in [0.1, 0.15) is 16.5 Å². The Bertz CT molecular complexity index is 643. The van der Waals surface area contributed by atoms with Crippen LogP contribution in [0.15, 0.2) is 29.6 Å². The van der Waals surface area contributed by atoms with Crippen LogP contribution in [0.4, 0.5) is 0 Å². The fraction of sp³-hybridized carbons (Fsp3) is 0.333. The van der Waals surface area contributed by atoms with Gasteiger partial charge in [-0.15, -0.1) is 23.7 Å². The number of aromatic nitrogens is 1. The molecule has 120 valence electrons.